The molecule has 3 N–H and O–H groups in total. The fourth-order valence-corrected chi connectivity index (χ4v) is 3.43. The van der Waals surface area contributed by atoms with Crippen molar-refractivity contribution in [1.82, 2.24) is 14.7 Å². The van der Waals surface area contributed by atoms with Gasteiger partial charge in [0.15, 0.2) is 5.82 Å². The lowest BCUT2D eigenvalue weighted by molar-refractivity contribution is 0.222. The molecule has 2 aromatic carbocycles. The van der Waals surface area contributed by atoms with Gasteiger partial charge in [0.1, 0.15) is 28.7 Å². The number of likely N-dealkylation sites (tertiary alicyclic amines) is 1. The minimum Gasteiger partial charge on any atom is -0.382 e. The molecule has 1 fully saturated rings. The SMILES string of the molecule is Nc1c(NC(=O)N2CCCC2)c(-c2ccc(Cl)cc2)nn1-c1cc(F)ccc1F. The maximum absolute atomic E-state index is 14.3. The molecular formula is C20H18ClF2N5O. The molecule has 0 radical (unpaired) electrons. The van der Waals surface area contributed by atoms with Crippen molar-refractivity contribution in [2.45, 2.75) is 12.8 Å². The first-order valence-corrected chi connectivity index (χ1v) is 9.47. The number of nitrogen functional groups attached to an aromatic ring is 1. The normalized spacial score (nSPS) is 13.7. The van der Waals surface area contributed by atoms with Crippen LogP contribution in [0.3, 0.4) is 0 Å². The number of nitrogens with one attached hydrogen (secondary N) is 1. The summed E-state index contributed by atoms with van der Waals surface area (Å²) >= 11 is 5.96. The summed E-state index contributed by atoms with van der Waals surface area (Å²) in [4.78, 5) is 14.3. The quantitative estimate of drug-likeness (QED) is 0.649. The largest absolute Gasteiger partial charge is 0.382 e. The molecule has 0 bridgehead atoms. The van der Waals surface area contributed by atoms with Gasteiger partial charge in [0.25, 0.3) is 0 Å². The van der Waals surface area contributed by atoms with E-state index in [0.717, 1.165) is 35.7 Å². The van der Waals surface area contributed by atoms with Gasteiger partial charge < -0.3 is 16.0 Å². The predicted molar refractivity (Wildman–Crippen MR) is 108 cm³/mol. The van der Waals surface area contributed by atoms with Crippen LogP contribution in [0.2, 0.25) is 5.02 Å². The van der Waals surface area contributed by atoms with Crippen LogP contribution in [0.15, 0.2) is 42.5 Å². The molecule has 3 aromatic rings. The third-order valence-electron chi connectivity index (χ3n) is 4.80. The van der Waals surface area contributed by atoms with Gasteiger partial charge in [-0.25, -0.2) is 18.3 Å². The Bertz CT molecular complexity index is 1060. The van der Waals surface area contributed by atoms with Gasteiger partial charge >= 0.3 is 6.03 Å². The number of benzene rings is 2. The maximum Gasteiger partial charge on any atom is 0.322 e. The Morgan fingerprint density at radius 1 is 1.10 bits per heavy atom. The smallest absolute Gasteiger partial charge is 0.322 e. The summed E-state index contributed by atoms with van der Waals surface area (Å²) in [5.41, 5.74) is 7.25. The summed E-state index contributed by atoms with van der Waals surface area (Å²) in [6, 6.07) is 9.44. The molecule has 0 saturated carbocycles. The Kier molecular flexibility index (Phi) is 5.10. The van der Waals surface area contributed by atoms with Crippen LogP contribution in [0.25, 0.3) is 16.9 Å². The molecule has 0 aliphatic carbocycles. The molecule has 2 heterocycles. The van der Waals surface area contributed by atoms with Crippen molar-refractivity contribution in [2.75, 3.05) is 24.1 Å². The molecule has 1 aliphatic rings. The fourth-order valence-electron chi connectivity index (χ4n) is 3.30. The molecule has 0 atom stereocenters. The van der Waals surface area contributed by atoms with E-state index < -0.39 is 11.6 Å². The molecule has 9 heteroatoms. The van der Waals surface area contributed by atoms with Crippen molar-refractivity contribution >= 4 is 29.1 Å². The third kappa shape index (κ3) is 3.75. The second kappa shape index (κ2) is 7.71. The lowest BCUT2D eigenvalue weighted by Gasteiger charge is -2.16. The van der Waals surface area contributed by atoms with Crippen molar-refractivity contribution in [3.05, 3.63) is 59.1 Å². The lowest BCUT2D eigenvalue weighted by Crippen LogP contribution is -2.32. The number of urea groups is 1. The first-order chi connectivity index (χ1) is 13.9. The van der Waals surface area contributed by atoms with Crippen molar-refractivity contribution in [1.29, 1.82) is 0 Å². The Hall–Kier alpha value is -3.13. The summed E-state index contributed by atoms with van der Waals surface area (Å²) in [6.45, 7) is 1.29. The molecule has 6 nitrogen and oxygen atoms in total. The number of carbonyl (C=O) groups excluding carboxylic acids is 1. The topological polar surface area (TPSA) is 76.2 Å². The van der Waals surface area contributed by atoms with Crippen LogP contribution < -0.4 is 11.1 Å². The third-order valence-corrected chi connectivity index (χ3v) is 5.05. The number of hydrogen-bond donors (Lipinski definition) is 2. The zero-order valence-corrected chi connectivity index (χ0v) is 16.1. The van der Waals surface area contributed by atoms with Gasteiger partial charge in [-0.1, -0.05) is 23.7 Å². The molecule has 1 saturated heterocycles. The van der Waals surface area contributed by atoms with Gasteiger partial charge in [0.05, 0.1) is 0 Å². The molecule has 29 heavy (non-hydrogen) atoms. The summed E-state index contributed by atoms with van der Waals surface area (Å²) in [6.07, 6.45) is 1.86. The van der Waals surface area contributed by atoms with Crippen molar-refractivity contribution < 1.29 is 13.6 Å². The number of hydrogen-bond acceptors (Lipinski definition) is 3. The number of amides is 2. The van der Waals surface area contributed by atoms with Crippen LogP contribution in [0.1, 0.15) is 12.8 Å². The minimum absolute atomic E-state index is 0.00741. The molecule has 1 aromatic heterocycles. The van der Waals surface area contributed by atoms with E-state index >= 15 is 0 Å². The Morgan fingerprint density at radius 2 is 1.79 bits per heavy atom. The number of aromatic nitrogens is 2. The molecule has 2 amide bonds. The zero-order chi connectivity index (χ0) is 20.5. The van der Waals surface area contributed by atoms with Crippen molar-refractivity contribution in [3.63, 3.8) is 0 Å². The number of nitrogens with zero attached hydrogens (tertiary/aromatic N) is 3. The van der Waals surface area contributed by atoms with Crippen molar-refractivity contribution in [3.8, 4) is 16.9 Å². The van der Waals surface area contributed by atoms with Gasteiger partial charge in [-0.3, -0.25) is 0 Å². The summed E-state index contributed by atoms with van der Waals surface area (Å²) in [7, 11) is 0. The highest BCUT2D eigenvalue weighted by molar-refractivity contribution is 6.30. The predicted octanol–water partition coefficient (Wildman–Crippen LogP) is 4.68. The van der Waals surface area contributed by atoms with Crippen LogP contribution in [-0.4, -0.2) is 33.8 Å². The number of rotatable bonds is 3. The van der Waals surface area contributed by atoms with E-state index in [1.807, 2.05) is 0 Å². The van der Waals surface area contributed by atoms with E-state index in [1.165, 1.54) is 0 Å². The minimum atomic E-state index is -0.694. The van der Waals surface area contributed by atoms with Gasteiger partial charge in [-0.2, -0.15) is 5.10 Å². The average molecular weight is 418 g/mol. The van der Waals surface area contributed by atoms with E-state index in [4.69, 9.17) is 17.3 Å². The average Bonchev–Trinajstić information content (AvgIpc) is 3.34. The van der Waals surface area contributed by atoms with Gasteiger partial charge in [-0.15, -0.1) is 0 Å². The van der Waals surface area contributed by atoms with Crippen LogP contribution in [0, 0.1) is 11.6 Å². The highest BCUT2D eigenvalue weighted by Crippen LogP contribution is 2.35. The molecule has 150 valence electrons. The van der Waals surface area contributed by atoms with Crippen LogP contribution >= 0.6 is 11.6 Å². The second-order valence-corrected chi connectivity index (χ2v) is 7.18. The van der Waals surface area contributed by atoms with Gasteiger partial charge in [-0.05, 0) is 37.1 Å². The van der Waals surface area contributed by atoms with Crippen LogP contribution in [0.4, 0.5) is 25.1 Å². The van der Waals surface area contributed by atoms with Crippen LogP contribution in [-0.2, 0) is 0 Å². The van der Waals surface area contributed by atoms with Gasteiger partial charge in [0.2, 0.25) is 0 Å². The second-order valence-electron chi connectivity index (χ2n) is 6.75. The highest BCUT2D eigenvalue weighted by atomic mass is 35.5. The fraction of sp³-hybridized carbons (Fsp3) is 0.200. The Balaban J connectivity index is 1.82. The van der Waals surface area contributed by atoms with Gasteiger partial charge in [0, 0.05) is 29.7 Å². The van der Waals surface area contributed by atoms with E-state index in [0.29, 0.717) is 29.4 Å². The highest BCUT2D eigenvalue weighted by Gasteiger charge is 2.25. The van der Waals surface area contributed by atoms with E-state index in [1.54, 1.807) is 29.2 Å². The first-order valence-electron chi connectivity index (χ1n) is 9.10. The number of anilines is 2. The number of halogens is 3. The summed E-state index contributed by atoms with van der Waals surface area (Å²) < 4.78 is 29.1. The van der Waals surface area contributed by atoms with E-state index in [-0.39, 0.29) is 23.2 Å². The Morgan fingerprint density at radius 3 is 2.48 bits per heavy atom. The molecule has 0 spiro atoms. The number of carbonyl (C=O) groups is 1. The molecule has 1 aliphatic heterocycles. The number of nitrogens with two attached hydrogens (primary N) is 1. The lowest BCUT2D eigenvalue weighted by atomic mass is 10.1. The Labute approximate surface area is 170 Å². The standard InChI is InChI=1S/C20H18ClF2N5O/c21-13-5-3-12(4-6-13)17-18(25-20(29)27-9-1-2-10-27)19(24)28(26-17)16-11-14(22)7-8-15(16)23/h3-8,11H,1-2,9-10,24H2,(H,25,29). The zero-order valence-electron chi connectivity index (χ0n) is 15.3. The summed E-state index contributed by atoms with van der Waals surface area (Å²) in [5, 5.41) is 7.69. The summed E-state index contributed by atoms with van der Waals surface area (Å²) in [5.74, 6) is -1.33. The molecule has 0 unspecified atom stereocenters. The first kappa shape index (κ1) is 19.2. The maximum atomic E-state index is 14.3. The molecular weight excluding hydrogens is 400 g/mol. The van der Waals surface area contributed by atoms with E-state index in [9.17, 15) is 13.6 Å². The van der Waals surface area contributed by atoms with E-state index in [2.05, 4.69) is 10.4 Å². The molecule has 4 rings (SSSR count). The monoisotopic (exact) mass is 417 g/mol. The van der Waals surface area contributed by atoms with Crippen LogP contribution in [0.5, 0.6) is 0 Å². The van der Waals surface area contributed by atoms with Crippen molar-refractivity contribution in [2.24, 2.45) is 0 Å².